The second-order valence-corrected chi connectivity index (χ2v) is 5.73. The Labute approximate surface area is 133 Å². The Kier molecular flexibility index (Phi) is 3.94. The van der Waals surface area contributed by atoms with Gasteiger partial charge in [-0.25, -0.2) is 9.18 Å². The van der Waals surface area contributed by atoms with Crippen LogP contribution in [0.5, 0.6) is 0 Å². The minimum Gasteiger partial charge on any atom is -0.478 e. The van der Waals surface area contributed by atoms with Gasteiger partial charge in [0.15, 0.2) is 0 Å². The summed E-state index contributed by atoms with van der Waals surface area (Å²) in [7, 11) is 0. The number of hydrogen-bond acceptors (Lipinski definition) is 4. The molecule has 1 aromatic carbocycles. The fourth-order valence-corrected chi connectivity index (χ4v) is 3.07. The molecule has 122 valence electrons. The highest BCUT2D eigenvalue weighted by Gasteiger charge is 2.22. The van der Waals surface area contributed by atoms with Gasteiger partial charge in [0.05, 0.1) is 22.6 Å². The van der Waals surface area contributed by atoms with E-state index in [9.17, 15) is 9.18 Å². The van der Waals surface area contributed by atoms with Gasteiger partial charge in [-0.15, -0.1) is 0 Å². The lowest BCUT2D eigenvalue weighted by molar-refractivity contribution is 0.0692. The number of aromatic nitrogens is 2. The number of aromatic carboxylic acids is 1. The molecule has 1 aromatic heterocycles. The summed E-state index contributed by atoms with van der Waals surface area (Å²) in [5, 5.41) is 16.3. The van der Waals surface area contributed by atoms with Crippen LogP contribution in [0.2, 0.25) is 0 Å². The summed E-state index contributed by atoms with van der Waals surface area (Å²) in [5.41, 5.74) is 3.61. The van der Waals surface area contributed by atoms with Crippen LogP contribution in [0.25, 0.3) is 0 Å². The molecule has 0 aliphatic carbocycles. The number of benzene rings is 1. The molecule has 2 heterocycles. The number of anilines is 2. The van der Waals surface area contributed by atoms with Gasteiger partial charge in [-0.1, -0.05) is 0 Å². The molecule has 1 saturated heterocycles. The van der Waals surface area contributed by atoms with E-state index in [2.05, 4.69) is 20.0 Å². The summed E-state index contributed by atoms with van der Waals surface area (Å²) in [5.74, 6) is -1.95. The Morgan fingerprint density at radius 1 is 1.22 bits per heavy atom. The van der Waals surface area contributed by atoms with E-state index in [0.717, 1.165) is 48.9 Å². The Hall–Kier alpha value is -2.57. The van der Waals surface area contributed by atoms with Crippen LogP contribution in [0.4, 0.5) is 15.8 Å². The van der Waals surface area contributed by atoms with Gasteiger partial charge in [-0.3, -0.25) is 5.10 Å². The highest BCUT2D eigenvalue weighted by molar-refractivity contribution is 5.89. The first-order valence-electron chi connectivity index (χ1n) is 7.51. The van der Waals surface area contributed by atoms with Gasteiger partial charge < -0.3 is 14.9 Å². The normalized spacial score (nSPS) is 15.1. The summed E-state index contributed by atoms with van der Waals surface area (Å²) in [6.07, 6.45) is 0. The van der Waals surface area contributed by atoms with Crippen LogP contribution in [-0.4, -0.2) is 47.5 Å². The van der Waals surface area contributed by atoms with Gasteiger partial charge >= 0.3 is 5.97 Å². The molecule has 23 heavy (non-hydrogen) atoms. The van der Waals surface area contributed by atoms with E-state index >= 15 is 0 Å². The fraction of sp³-hybridized carbons (Fsp3) is 0.375. The molecule has 2 N–H and O–H groups in total. The summed E-state index contributed by atoms with van der Waals surface area (Å²) < 4.78 is 13.5. The number of hydrogen-bond donors (Lipinski definition) is 2. The Morgan fingerprint density at radius 3 is 2.43 bits per heavy atom. The van der Waals surface area contributed by atoms with E-state index in [1.807, 2.05) is 13.8 Å². The molecular weight excluding hydrogens is 299 g/mol. The molecule has 1 fully saturated rings. The van der Waals surface area contributed by atoms with Crippen molar-refractivity contribution in [1.29, 1.82) is 0 Å². The Balaban J connectivity index is 1.74. The number of nitrogens with one attached hydrogen (secondary N) is 1. The van der Waals surface area contributed by atoms with E-state index in [1.54, 1.807) is 6.07 Å². The van der Waals surface area contributed by atoms with Crippen LogP contribution in [0.3, 0.4) is 0 Å². The molecular formula is C16H19FN4O2. The first-order valence-corrected chi connectivity index (χ1v) is 7.51. The van der Waals surface area contributed by atoms with Crippen LogP contribution in [-0.2, 0) is 0 Å². The SMILES string of the molecule is Cc1n[nH]c(C)c1N1CCN(c2ccc(F)c(C(=O)O)c2)CC1. The molecule has 0 atom stereocenters. The Morgan fingerprint density at radius 2 is 1.87 bits per heavy atom. The lowest BCUT2D eigenvalue weighted by Crippen LogP contribution is -2.47. The number of carbonyl (C=O) groups is 1. The monoisotopic (exact) mass is 318 g/mol. The maximum absolute atomic E-state index is 13.5. The maximum atomic E-state index is 13.5. The number of halogens is 1. The quantitative estimate of drug-likeness (QED) is 0.907. The molecule has 0 saturated carbocycles. The first-order chi connectivity index (χ1) is 11.0. The van der Waals surface area contributed by atoms with E-state index < -0.39 is 11.8 Å². The summed E-state index contributed by atoms with van der Waals surface area (Å²) in [4.78, 5) is 15.4. The zero-order valence-corrected chi connectivity index (χ0v) is 13.1. The van der Waals surface area contributed by atoms with Crippen molar-refractivity contribution >= 4 is 17.3 Å². The smallest absolute Gasteiger partial charge is 0.338 e. The number of nitrogens with zero attached hydrogens (tertiary/aromatic N) is 3. The van der Waals surface area contributed by atoms with Gasteiger partial charge in [0.25, 0.3) is 0 Å². The minimum atomic E-state index is -1.24. The molecule has 0 amide bonds. The van der Waals surface area contributed by atoms with E-state index in [4.69, 9.17) is 5.11 Å². The van der Waals surface area contributed by atoms with Gasteiger partial charge in [0.1, 0.15) is 5.82 Å². The summed E-state index contributed by atoms with van der Waals surface area (Å²) in [6, 6.07) is 4.25. The van der Waals surface area contributed by atoms with Gasteiger partial charge in [-0.2, -0.15) is 5.10 Å². The lowest BCUT2D eigenvalue weighted by atomic mass is 10.1. The van der Waals surface area contributed by atoms with Crippen molar-refractivity contribution in [2.24, 2.45) is 0 Å². The Bertz CT molecular complexity index is 716. The third-order valence-corrected chi connectivity index (χ3v) is 4.23. The fourth-order valence-electron chi connectivity index (χ4n) is 3.07. The van der Waals surface area contributed by atoms with Crippen molar-refractivity contribution < 1.29 is 14.3 Å². The molecule has 0 radical (unpaired) electrons. The molecule has 0 spiro atoms. The average molecular weight is 318 g/mol. The second kappa shape index (κ2) is 5.91. The standard InChI is InChI=1S/C16H19FN4O2/c1-10-15(11(2)19-18-10)21-7-5-20(6-8-21)12-3-4-14(17)13(9-12)16(22)23/h3-4,9H,5-8H2,1-2H3,(H,18,19)(H,22,23). The highest BCUT2D eigenvalue weighted by atomic mass is 19.1. The van der Waals surface area contributed by atoms with E-state index in [1.165, 1.54) is 12.1 Å². The molecule has 2 aromatic rings. The largest absolute Gasteiger partial charge is 0.478 e. The van der Waals surface area contributed by atoms with Crippen molar-refractivity contribution in [2.75, 3.05) is 36.0 Å². The molecule has 6 nitrogen and oxygen atoms in total. The van der Waals surface area contributed by atoms with Gasteiger partial charge in [0, 0.05) is 31.9 Å². The zero-order chi connectivity index (χ0) is 16.6. The molecule has 3 rings (SSSR count). The lowest BCUT2D eigenvalue weighted by Gasteiger charge is -2.37. The van der Waals surface area contributed by atoms with Gasteiger partial charge in [-0.05, 0) is 32.0 Å². The minimum absolute atomic E-state index is 0.286. The zero-order valence-electron chi connectivity index (χ0n) is 13.1. The van der Waals surface area contributed by atoms with Crippen molar-refractivity contribution in [3.8, 4) is 0 Å². The summed E-state index contributed by atoms with van der Waals surface area (Å²) in [6.45, 7) is 7.08. The van der Waals surface area contributed by atoms with Crippen LogP contribution >= 0.6 is 0 Å². The van der Waals surface area contributed by atoms with Crippen LogP contribution in [0.1, 0.15) is 21.7 Å². The molecule has 7 heteroatoms. The number of H-pyrrole nitrogens is 1. The predicted octanol–water partition coefficient (Wildman–Crippen LogP) is 2.19. The van der Waals surface area contributed by atoms with Crippen LogP contribution in [0, 0.1) is 19.7 Å². The van der Waals surface area contributed by atoms with E-state index in [0.29, 0.717) is 0 Å². The van der Waals surface area contributed by atoms with Crippen molar-refractivity contribution in [1.82, 2.24) is 10.2 Å². The number of aryl methyl sites for hydroxylation is 2. The molecule has 1 aliphatic rings. The van der Waals surface area contributed by atoms with E-state index in [-0.39, 0.29) is 5.56 Å². The maximum Gasteiger partial charge on any atom is 0.338 e. The number of piperazine rings is 1. The average Bonchev–Trinajstić information content (AvgIpc) is 2.87. The predicted molar refractivity (Wildman–Crippen MR) is 85.8 cm³/mol. The third-order valence-electron chi connectivity index (χ3n) is 4.23. The molecule has 1 aliphatic heterocycles. The number of carboxylic acids is 1. The first kappa shape index (κ1) is 15.3. The van der Waals surface area contributed by atoms with Crippen LogP contribution in [0.15, 0.2) is 18.2 Å². The van der Waals surface area contributed by atoms with Crippen LogP contribution < -0.4 is 9.80 Å². The number of rotatable bonds is 3. The van der Waals surface area contributed by atoms with Crippen molar-refractivity contribution in [3.05, 3.63) is 41.0 Å². The number of carboxylic acid groups (broad SMARTS) is 1. The van der Waals surface area contributed by atoms with Crippen molar-refractivity contribution in [3.63, 3.8) is 0 Å². The highest BCUT2D eigenvalue weighted by Crippen LogP contribution is 2.26. The third kappa shape index (κ3) is 2.86. The molecule has 0 bridgehead atoms. The second-order valence-electron chi connectivity index (χ2n) is 5.73. The van der Waals surface area contributed by atoms with Crippen molar-refractivity contribution in [2.45, 2.75) is 13.8 Å². The van der Waals surface area contributed by atoms with Gasteiger partial charge in [0.2, 0.25) is 0 Å². The topological polar surface area (TPSA) is 72.5 Å². The molecule has 0 unspecified atom stereocenters. The number of aromatic amines is 1. The summed E-state index contributed by atoms with van der Waals surface area (Å²) >= 11 is 0.